The zero-order chi connectivity index (χ0) is 24.3. The number of amides is 2. The molecule has 6 rings (SSSR count). The number of rotatable bonds is 4. The van der Waals surface area contributed by atoms with E-state index in [1.165, 1.54) is 11.8 Å². The molecule has 4 aromatic rings. The Kier molecular flexibility index (Phi) is 4.99. The number of hydrogen-bond acceptors (Lipinski definition) is 4. The number of carbonyl (C=O) groups excluding carboxylic acids is 2. The van der Waals surface area contributed by atoms with Gasteiger partial charge in [0.1, 0.15) is 0 Å². The van der Waals surface area contributed by atoms with Crippen LogP contribution >= 0.6 is 0 Å². The molecule has 176 valence electrons. The Morgan fingerprint density at radius 2 is 1.91 bits per heavy atom. The van der Waals surface area contributed by atoms with Crippen LogP contribution in [0.15, 0.2) is 72.2 Å². The molecule has 2 aromatic heterocycles. The highest BCUT2D eigenvalue weighted by Gasteiger charge is 2.42. The molecule has 0 bridgehead atoms. The maximum atomic E-state index is 13.7. The van der Waals surface area contributed by atoms with E-state index in [-0.39, 0.29) is 24.3 Å². The first-order valence-corrected chi connectivity index (χ1v) is 12.2. The molecular weight excluding hydrogens is 436 g/mol. The van der Waals surface area contributed by atoms with Gasteiger partial charge in [0.25, 0.3) is 5.91 Å². The monoisotopic (exact) mass is 464 g/mol. The number of carbonyl (C=O) groups is 2. The van der Waals surface area contributed by atoms with E-state index in [4.69, 9.17) is 4.98 Å². The molecule has 2 aliphatic heterocycles. The Bertz CT molecular complexity index is 1540. The standard InChI is InChI=1S/C29H28N4O2/c1-17(2)12-14-32-15-21-25(20-9-4-7-19-8-6-13-30-28(19)20)27-23(16-33(18(3)34)29(27)35)31-22-10-5-11-24(32)26(21)22/h4-11,13,15,17,25,31H,12,14,16H2,1-3H3/t25-/m0/s1. The number of nitrogens with one attached hydrogen (secondary N) is 1. The summed E-state index contributed by atoms with van der Waals surface area (Å²) in [5, 5.41) is 5.72. The highest BCUT2D eigenvalue weighted by molar-refractivity contribution is 6.11. The van der Waals surface area contributed by atoms with Crippen LogP contribution in [-0.2, 0) is 16.1 Å². The van der Waals surface area contributed by atoms with Crippen molar-refractivity contribution in [1.29, 1.82) is 0 Å². The molecule has 1 N–H and O–H groups in total. The minimum atomic E-state index is -0.334. The molecule has 1 atom stereocenters. The van der Waals surface area contributed by atoms with Gasteiger partial charge in [-0.1, -0.05) is 44.2 Å². The largest absolute Gasteiger partial charge is 0.356 e. The molecular formula is C29H28N4O2. The smallest absolute Gasteiger partial charge is 0.259 e. The van der Waals surface area contributed by atoms with E-state index in [0.29, 0.717) is 11.5 Å². The number of pyridine rings is 1. The van der Waals surface area contributed by atoms with Crippen LogP contribution in [0.5, 0.6) is 0 Å². The van der Waals surface area contributed by atoms with Crippen LogP contribution < -0.4 is 5.32 Å². The molecule has 0 unspecified atom stereocenters. The van der Waals surface area contributed by atoms with E-state index in [1.54, 1.807) is 6.20 Å². The molecule has 0 saturated carbocycles. The molecule has 0 spiro atoms. The normalized spacial score (nSPS) is 17.3. The molecule has 0 saturated heterocycles. The summed E-state index contributed by atoms with van der Waals surface area (Å²) < 4.78 is 2.31. The molecule has 4 heterocycles. The van der Waals surface area contributed by atoms with E-state index in [9.17, 15) is 9.59 Å². The predicted molar refractivity (Wildman–Crippen MR) is 138 cm³/mol. The van der Waals surface area contributed by atoms with Crippen molar-refractivity contribution < 1.29 is 9.59 Å². The van der Waals surface area contributed by atoms with E-state index in [0.717, 1.165) is 57.3 Å². The average molecular weight is 465 g/mol. The van der Waals surface area contributed by atoms with Crippen LogP contribution in [0.2, 0.25) is 0 Å². The Morgan fingerprint density at radius 3 is 2.71 bits per heavy atom. The number of nitrogens with zero attached hydrogens (tertiary/aromatic N) is 3. The van der Waals surface area contributed by atoms with Crippen molar-refractivity contribution in [3.63, 3.8) is 0 Å². The third kappa shape index (κ3) is 3.35. The topological polar surface area (TPSA) is 67.2 Å². The molecule has 0 aliphatic carbocycles. The number of anilines is 1. The molecule has 2 aromatic carbocycles. The van der Waals surface area contributed by atoms with Crippen molar-refractivity contribution in [2.24, 2.45) is 5.92 Å². The number of aryl methyl sites for hydroxylation is 1. The first kappa shape index (κ1) is 21.6. The molecule has 6 heteroatoms. The third-order valence-electron chi connectivity index (χ3n) is 7.24. The van der Waals surface area contributed by atoms with Gasteiger partial charge in [-0.15, -0.1) is 0 Å². The van der Waals surface area contributed by atoms with Gasteiger partial charge in [-0.2, -0.15) is 0 Å². The van der Waals surface area contributed by atoms with Crippen LogP contribution in [0.1, 0.15) is 44.2 Å². The van der Waals surface area contributed by atoms with Gasteiger partial charge in [-0.05, 0) is 41.7 Å². The first-order valence-electron chi connectivity index (χ1n) is 12.2. The summed E-state index contributed by atoms with van der Waals surface area (Å²) in [5.41, 5.74) is 6.49. The molecule has 35 heavy (non-hydrogen) atoms. The van der Waals surface area contributed by atoms with Gasteiger partial charge in [-0.25, -0.2) is 0 Å². The van der Waals surface area contributed by atoms with Gasteiger partial charge in [-0.3, -0.25) is 19.5 Å². The van der Waals surface area contributed by atoms with Crippen molar-refractivity contribution in [2.75, 3.05) is 11.9 Å². The van der Waals surface area contributed by atoms with Crippen LogP contribution in [-0.4, -0.2) is 32.8 Å². The summed E-state index contributed by atoms with van der Waals surface area (Å²) >= 11 is 0. The number of hydrogen-bond donors (Lipinski definition) is 1. The molecule has 0 fully saturated rings. The third-order valence-corrected chi connectivity index (χ3v) is 7.24. The van der Waals surface area contributed by atoms with Gasteiger partial charge >= 0.3 is 0 Å². The van der Waals surface area contributed by atoms with E-state index in [2.05, 4.69) is 54.2 Å². The van der Waals surface area contributed by atoms with Gasteiger partial charge in [0.2, 0.25) is 5.91 Å². The Morgan fingerprint density at radius 1 is 1.11 bits per heavy atom. The zero-order valence-electron chi connectivity index (χ0n) is 20.2. The lowest BCUT2D eigenvalue weighted by Crippen LogP contribution is -2.33. The summed E-state index contributed by atoms with van der Waals surface area (Å²) in [6.45, 7) is 7.08. The van der Waals surface area contributed by atoms with Gasteiger partial charge in [0.05, 0.1) is 23.2 Å². The van der Waals surface area contributed by atoms with E-state index in [1.807, 2.05) is 24.3 Å². The fraction of sp³-hybridized carbons (Fsp3) is 0.276. The quantitative estimate of drug-likeness (QED) is 0.437. The number of fused-ring (bicyclic) bond motifs is 1. The Labute approximate surface area is 204 Å². The molecule has 0 radical (unpaired) electrons. The second-order valence-electron chi connectivity index (χ2n) is 9.94. The minimum Gasteiger partial charge on any atom is -0.356 e. The van der Waals surface area contributed by atoms with Crippen LogP contribution in [0.25, 0.3) is 21.8 Å². The second kappa shape index (κ2) is 8.08. The van der Waals surface area contributed by atoms with E-state index >= 15 is 0 Å². The summed E-state index contributed by atoms with van der Waals surface area (Å²) in [7, 11) is 0. The lowest BCUT2D eigenvalue weighted by atomic mass is 9.83. The van der Waals surface area contributed by atoms with Crippen LogP contribution in [0.3, 0.4) is 0 Å². The number of aromatic nitrogens is 2. The minimum absolute atomic E-state index is 0.228. The van der Waals surface area contributed by atoms with Crippen molar-refractivity contribution in [3.05, 3.63) is 83.3 Å². The lowest BCUT2D eigenvalue weighted by Gasteiger charge is -2.20. The number of benzene rings is 2. The maximum absolute atomic E-state index is 13.7. The highest BCUT2D eigenvalue weighted by atomic mass is 16.2. The van der Waals surface area contributed by atoms with Crippen molar-refractivity contribution in [2.45, 2.75) is 39.7 Å². The Balaban J connectivity index is 1.65. The van der Waals surface area contributed by atoms with Crippen molar-refractivity contribution >= 4 is 39.3 Å². The van der Waals surface area contributed by atoms with Crippen molar-refractivity contribution in [1.82, 2.24) is 14.5 Å². The van der Waals surface area contributed by atoms with Crippen LogP contribution in [0, 0.1) is 5.92 Å². The summed E-state index contributed by atoms with van der Waals surface area (Å²) in [6.07, 6.45) is 5.07. The maximum Gasteiger partial charge on any atom is 0.259 e. The SMILES string of the molecule is CC(=O)N1CC2=C(C1=O)[C@@H](c1cccc3cccnc13)c1cn(CCC(C)C)c3cccc(c13)N2. The van der Waals surface area contributed by atoms with Crippen LogP contribution in [0.4, 0.5) is 5.69 Å². The molecule has 6 nitrogen and oxygen atoms in total. The summed E-state index contributed by atoms with van der Waals surface area (Å²) in [4.78, 5) is 32.2. The number of imide groups is 1. The lowest BCUT2D eigenvalue weighted by molar-refractivity contribution is -0.139. The Hall–Kier alpha value is -3.93. The second-order valence-corrected chi connectivity index (χ2v) is 9.94. The van der Waals surface area contributed by atoms with E-state index < -0.39 is 0 Å². The fourth-order valence-corrected chi connectivity index (χ4v) is 5.54. The molecule has 2 amide bonds. The average Bonchev–Trinajstić information content (AvgIpc) is 3.33. The van der Waals surface area contributed by atoms with Gasteiger partial charge in [0, 0.05) is 53.9 Å². The summed E-state index contributed by atoms with van der Waals surface area (Å²) in [5.74, 6) is -0.223. The number of para-hydroxylation sites is 1. The fourth-order valence-electron chi connectivity index (χ4n) is 5.54. The highest BCUT2D eigenvalue weighted by Crippen LogP contribution is 2.47. The first-order chi connectivity index (χ1) is 16.9. The van der Waals surface area contributed by atoms with Crippen molar-refractivity contribution in [3.8, 4) is 0 Å². The predicted octanol–water partition coefficient (Wildman–Crippen LogP) is 5.44. The zero-order valence-corrected chi connectivity index (χ0v) is 20.2. The van der Waals surface area contributed by atoms with Gasteiger partial charge in [0.15, 0.2) is 0 Å². The molecule has 2 aliphatic rings. The summed E-state index contributed by atoms with van der Waals surface area (Å²) in [6, 6.07) is 16.4. The van der Waals surface area contributed by atoms with Gasteiger partial charge < -0.3 is 9.88 Å².